The maximum Gasteiger partial charge on any atom is 0.224 e. The minimum absolute atomic E-state index is 0.00247. The average molecular weight is 362 g/mol. The molecule has 1 amide bonds. The van der Waals surface area contributed by atoms with Crippen LogP contribution in [0.5, 0.6) is 5.75 Å². The summed E-state index contributed by atoms with van der Waals surface area (Å²) in [6.45, 7) is 4.60. The zero-order valence-corrected chi connectivity index (χ0v) is 14.4. The summed E-state index contributed by atoms with van der Waals surface area (Å²) in [4.78, 5) is 11.9. The van der Waals surface area contributed by atoms with E-state index < -0.39 is 0 Å². The number of amides is 1. The molecule has 0 aliphatic carbocycles. The number of carbonyl (C=O) groups is 1. The van der Waals surface area contributed by atoms with Gasteiger partial charge in [0.2, 0.25) is 5.91 Å². The molecule has 0 radical (unpaired) electrons. The molecule has 0 saturated heterocycles. The molecule has 0 fully saturated rings. The lowest BCUT2D eigenvalue weighted by molar-refractivity contribution is -0.116. The molecule has 116 valence electrons. The van der Waals surface area contributed by atoms with Crippen molar-refractivity contribution in [2.24, 2.45) is 0 Å². The molecule has 2 aromatic rings. The predicted molar refractivity (Wildman–Crippen MR) is 93.4 cm³/mol. The van der Waals surface area contributed by atoms with Crippen molar-refractivity contribution in [2.45, 2.75) is 26.7 Å². The van der Waals surface area contributed by atoms with Crippen molar-refractivity contribution in [2.75, 3.05) is 11.9 Å². The first-order valence-electron chi connectivity index (χ1n) is 7.30. The molecule has 0 unspecified atom stereocenters. The fourth-order valence-corrected chi connectivity index (χ4v) is 2.47. The van der Waals surface area contributed by atoms with Crippen LogP contribution in [0.25, 0.3) is 0 Å². The zero-order chi connectivity index (χ0) is 15.9. The van der Waals surface area contributed by atoms with Gasteiger partial charge in [-0.2, -0.15) is 0 Å². The van der Waals surface area contributed by atoms with E-state index in [0.717, 1.165) is 21.5 Å². The van der Waals surface area contributed by atoms with Crippen molar-refractivity contribution in [3.8, 4) is 5.75 Å². The van der Waals surface area contributed by atoms with E-state index in [9.17, 15) is 4.79 Å². The summed E-state index contributed by atoms with van der Waals surface area (Å²) in [6, 6.07) is 13.7. The van der Waals surface area contributed by atoms with Gasteiger partial charge in [-0.25, -0.2) is 0 Å². The van der Waals surface area contributed by atoms with Crippen LogP contribution in [0.1, 0.15) is 24.0 Å². The van der Waals surface area contributed by atoms with E-state index in [1.54, 1.807) is 0 Å². The third-order valence-electron chi connectivity index (χ3n) is 3.26. The highest BCUT2D eigenvalue weighted by atomic mass is 79.9. The smallest absolute Gasteiger partial charge is 0.224 e. The van der Waals surface area contributed by atoms with Crippen LogP contribution in [0.15, 0.2) is 46.9 Å². The van der Waals surface area contributed by atoms with Crippen molar-refractivity contribution in [3.05, 3.63) is 58.1 Å². The molecule has 4 heteroatoms. The van der Waals surface area contributed by atoms with E-state index in [2.05, 4.69) is 27.3 Å². The third-order valence-corrected chi connectivity index (χ3v) is 3.75. The molecule has 0 saturated carbocycles. The molecule has 2 rings (SSSR count). The lowest BCUT2D eigenvalue weighted by atomic mass is 10.1. The predicted octanol–water partition coefficient (Wildman–Crippen LogP) is 4.86. The molecule has 0 aromatic heterocycles. The molecule has 2 aromatic carbocycles. The molecular weight excluding hydrogens is 342 g/mol. The van der Waals surface area contributed by atoms with Gasteiger partial charge in [0.25, 0.3) is 0 Å². The van der Waals surface area contributed by atoms with Crippen molar-refractivity contribution < 1.29 is 9.53 Å². The number of anilines is 1. The fraction of sp³-hybridized carbons (Fsp3) is 0.278. The Balaban J connectivity index is 1.74. The number of hydrogen-bond acceptors (Lipinski definition) is 2. The fourth-order valence-electron chi connectivity index (χ4n) is 2.07. The van der Waals surface area contributed by atoms with Gasteiger partial charge < -0.3 is 10.1 Å². The zero-order valence-electron chi connectivity index (χ0n) is 12.9. The Hall–Kier alpha value is -1.81. The van der Waals surface area contributed by atoms with E-state index in [-0.39, 0.29) is 5.91 Å². The SMILES string of the molecule is Cc1ccc(C)c(OCCCC(=O)Nc2cccc(Br)c2)c1. The number of carbonyl (C=O) groups excluding carboxylic acids is 1. The topological polar surface area (TPSA) is 38.3 Å². The number of rotatable bonds is 6. The lowest BCUT2D eigenvalue weighted by Crippen LogP contribution is -2.12. The van der Waals surface area contributed by atoms with Crippen LogP contribution in [0.4, 0.5) is 5.69 Å². The summed E-state index contributed by atoms with van der Waals surface area (Å²) >= 11 is 3.38. The minimum atomic E-state index is 0.00247. The molecule has 3 nitrogen and oxygen atoms in total. The van der Waals surface area contributed by atoms with E-state index in [1.807, 2.05) is 50.2 Å². The quantitative estimate of drug-likeness (QED) is 0.745. The van der Waals surface area contributed by atoms with Crippen LogP contribution in [-0.2, 0) is 4.79 Å². The number of aryl methyl sites for hydroxylation is 2. The van der Waals surface area contributed by atoms with Gasteiger partial charge in [0, 0.05) is 16.6 Å². The first-order valence-corrected chi connectivity index (χ1v) is 8.09. The lowest BCUT2D eigenvalue weighted by Gasteiger charge is -2.10. The Morgan fingerprint density at radius 2 is 2.00 bits per heavy atom. The Morgan fingerprint density at radius 1 is 1.18 bits per heavy atom. The molecular formula is C18H20BrNO2. The van der Waals surface area contributed by atoms with Gasteiger partial charge in [0.05, 0.1) is 6.61 Å². The van der Waals surface area contributed by atoms with Gasteiger partial charge in [-0.3, -0.25) is 4.79 Å². The van der Waals surface area contributed by atoms with Crippen LogP contribution >= 0.6 is 15.9 Å². The van der Waals surface area contributed by atoms with Crippen molar-refractivity contribution >= 4 is 27.5 Å². The highest BCUT2D eigenvalue weighted by molar-refractivity contribution is 9.10. The van der Waals surface area contributed by atoms with E-state index >= 15 is 0 Å². The highest BCUT2D eigenvalue weighted by Crippen LogP contribution is 2.19. The van der Waals surface area contributed by atoms with Crippen LogP contribution in [-0.4, -0.2) is 12.5 Å². The van der Waals surface area contributed by atoms with Crippen molar-refractivity contribution in [3.63, 3.8) is 0 Å². The van der Waals surface area contributed by atoms with E-state index in [0.29, 0.717) is 19.4 Å². The first-order chi connectivity index (χ1) is 10.5. The molecule has 0 heterocycles. The summed E-state index contributed by atoms with van der Waals surface area (Å²) in [6.07, 6.45) is 1.13. The average Bonchev–Trinajstić information content (AvgIpc) is 2.47. The number of benzene rings is 2. The summed E-state index contributed by atoms with van der Waals surface area (Å²) in [5.74, 6) is 0.898. The van der Waals surface area contributed by atoms with Crippen LogP contribution in [0.3, 0.4) is 0 Å². The third kappa shape index (κ3) is 5.19. The molecule has 0 aliphatic heterocycles. The molecule has 0 bridgehead atoms. The Kier molecular flexibility index (Phi) is 6.01. The second-order valence-electron chi connectivity index (χ2n) is 5.28. The number of halogens is 1. The van der Waals surface area contributed by atoms with Crippen LogP contribution in [0, 0.1) is 13.8 Å². The Morgan fingerprint density at radius 3 is 2.77 bits per heavy atom. The first kappa shape index (κ1) is 16.6. The number of hydrogen-bond donors (Lipinski definition) is 1. The summed E-state index contributed by atoms with van der Waals surface area (Å²) in [5.41, 5.74) is 3.09. The highest BCUT2D eigenvalue weighted by Gasteiger charge is 2.04. The molecule has 0 spiro atoms. The van der Waals surface area contributed by atoms with Gasteiger partial charge in [0.15, 0.2) is 0 Å². The van der Waals surface area contributed by atoms with Crippen LogP contribution in [0.2, 0.25) is 0 Å². The van der Waals surface area contributed by atoms with Gasteiger partial charge in [-0.1, -0.05) is 34.1 Å². The summed E-state index contributed by atoms with van der Waals surface area (Å²) in [5, 5.41) is 2.88. The largest absolute Gasteiger partial charge is 0.493 e. The van der Waals surface area contributed by atoms with Gasteiger partial charge in [-0.15, -0.1) is 0 Å². The molecule has 0 aliphatic rings. The van der Waals surface area contributed by atoms with Crippen LogP contribution < -0.4 is 10.1 Å². The maximum atomic E-state index is 11.9. The van der Waals surface area contributed by atoms with E-state index in [4.69, 9.17) is 4.74 Å². The summed E-state index contributed by atoms with van der Waals surface area (Å²) < 4.78 is 6.70. The van der Waals surface area contributed by atoms with E-state index in [1.165, 1.54) is 5.56 Å². The van der Waals surface area contributed by atoms with Crippen molar-refractivity contribution in [1.82, 2.24) is 0 Å². The van der Waals surface area contributed by atoms with Gasteiger partial charge in [0.1, 0.15) is 5.75 Å². The Labute approximate surface area is 139 Å². The van der Waals surface area contributed by atoms with Crippen molar-refractivity contribution in [1.29, 1.82) is 0 Å². The number of ether oxygens (including phenoxy) is 1. The van der Waals surface area contributed by atoms with Gasteiger partial charge >= 0.3 is 0 Å². The second-order valence-corrected chi connectivity index (χ2v) is 6.20. The second kappa shape index (κ2) is 7.99. The van der Waals surface area contributed by atoms with Gasteiger partial charge in [-0.05, 0) is 55.7 Å². The molecule has 22 heavy (non-hydrogen) atoms. The summed E-state index contributed by atoms with van der Waals surface area (Å²) in [7, 11) is 0. The maximum absolute atomic E-state index is 11.9. The standard InChI is InChI=1S/C18H20BrNO2/c1-13-8-9-14(2)17(11-13)22-10-4-7-18(21)20-16-6-3-5-15(19)12-16/h3,5-6,8-9,11-12H,4,7,10H2,1-2H3,(H,20,21). The molecule has 0 atom stereocenters. The minimum Gasteiger partial charge on any atom is -0.493 e. The molecule has 1 N–H and O–H groups in total. The monoisotopic (exact) mass is 361 g/mol. The normalized spacial score (nSPS) is 10.3. The number of nitrogens with one attached hydrogen (secondary N) is 1. The Bertz CT molecular complexity index is 655.